The second-order valence-electron chi connectivity index (χ2n) is 4.73. The average molecular weight is 353 g/mol. The van der Waals surface area contributed by atoms with E-state index < -0.39 is 10.0 Å². The molecule has 108 valence electrons. The van der Waals surface area contributed by atoms with Crippen molar-refractivity contribution in [1.29, 1.82) is 0 Å². The number of likely N-dealkylation sites (N-methyl/N-ethyl adjacent to an activating group) is 1. The highest BCUT2D eigenvalue weighted by atomic mass is 79.9. The lowest BCUT2D eigenvalue weighted by atomic mass is 10.1. The van der Waals surface area contributed by atoms with Crippen molar-refractivity contribution in [3.63, 3.8) is 0 Å². The van der Waals surface area contributed by atoms with E-state index in [2.05, 4.69) is 25.6 Å². The van der Waals surface area contributed by atoms with Crippen LogP contribution < -0.4 is 4.72 Å². The summed E-state index contributed by atoms with van der Waals surface area (Å²) in [4.78, 5) is 2.13. The highest BCUT2D eigenvalue weighted by Gasteiger charge is 2.27. The summed E-state index contributed by atoms with van der Waals surface area (Å²) in [7, 11) is -1.66. The van der Waals surface area contributed by atoms with Crippen molar-refractivity contribution in [2.45, 2.75) is 30.4 Å². The Labute approximate surface area is 121 Å². The van der Waals surface area contributed by atoms with Gasteiger partial charge in [0.05, 0.1) is 0 Å². The second kappa shape index (κ2) is 5.92. The van der Waals surface area contributed by atoms with Crippen LogP contribution in [0.5, 0.6) is 0 Å². The van der Waals surface area contributed by atoms with Gasteiger partial charge in [-0.3, -0.25) is 0 Å². The molecule has 0 bridgehead atoms. The van der Waals surface area contributed by atoms with Crippen LogP contribution in [0.1, 0.15) is 18.6 Å². The molecule has 1 aromatic heterocycles. The van der Waals surface area contributed by atoms with Crippen LogP contribution in [0.2, 0.25) is 0 Å². The van der Waals surface area contributed by atoms with E-state index in [1.807, 2.05) is 7.05 Å². The molecule has 2 heterocycles. The zero-order valence-electron chi connectivity index (χ0n) is 10.6. The third kappa shape index (κ3) is 3.57. The second-order valence-corrected chi connectivity index (χ2v) is 7.13. The minimum absolute atomic E-state index is 0.0322. The lowest BCUT2D eigenvalue weighted by Crippen LogP contribution is -2.46. The molecule has 0 amide bonds. The Hall–Kier alpha value is -0.410. The van der Waals surface area contributed by atoms with Gasteiger partial charge in [0, 0.05) is 18.7 Å². The first-order chi connectivity index (χ1) is 8.92. The highest BCUT2D eigenvalue weighted by molar-refractivity contribution is 9.10. The van der Waals surface area contributed by atoms with Crippen LogP contribution >= 0.6 is 15.9 Å². The van der Waals surface area contributed by atoms with Crippen molar-refractivity contribution >= 4 is 26.0 Å². The number of hydrogen-bond donors (Lipinski definition) is 2. The Morgan fingerprint density at radius 1 is 1.63 bits per heavy atom. The number of aliphatic hydroxyl groups excluding tert-OH is 1. The Morgan fingerprint density at radius 2 is 2.37 bits per heavy atom. The van der Waals surface area contributed by atoms with Crippen LogP contribution in [0, 0.1) is 0 Å². The summed E-state index contributed by atoms with van der Waals surface area (Å²) in [5, 5.41) is 8.96. The minimum atomic E-state index is -3.63. The third-order valence-corrected chi connectivity index (χ3v) is 5.48. The fourth-order valence-corrected chi connectivity index (χ4v) is 4.46. The zero-order valence-corrected chi connectivity index (χ0v) is 13.0. The maximum atomic E-state index is 12.3. The molecule has 0 saturated carbocycles. The molecule has 6 nitrogen and oxygen atoms in total. The average Bonchev–Trinajstić information content (AvgIpc) is 2.71. The monoisotopic (exact) mass is 352 g/mol. The van der Waals surface area contributed by atoms with E-state index in [0.717, 1.165) is 19.4 Å². The van der Waals surface area contributed by atoms with Crippen LogP contribution in [0.15, 0.2) is 20.0 Å². The molecular weight excluding hydrogens is 336 g/mol. The van der Waals surface area contributed by atoms with Crippen molar-refractivity contribution in [1.82, 2.24) is 9.62 Å². The maximum absolute atomic E-state index is 12.3. The van der Waals surface area contributed by atoms with E-state index in [-0.39, 0.29) is 28.0 Å². The third-order valence-electron chi connectivity index (χ3n) is 3.10. The number of likely N-dealkylation sites (tertiary alicyclic amines) is 1. The number of nitrogens with one attached hydrogen (secondary N) is 1. The number of sulfonamides is 1. The number of hydrogen-bond acceptors (Lipinski definition) is 5. The van der Waals surface area contributed by atoms with E-state index in [1.54, 1.807) is 0 Å². The highest BCUT2D eigenvalue weighted by Crippen LogP contribution is 2.26. The molecule has 0 spiro atoms. The van der Waals surface area contributed by atoms with E-state index in [4.69, 9.17) is 9.52 Å². The van der Waals surface area contributed by atoms with Gasteiger partial charge in [0.1, 0.15) is 17.3 Å². The van der Waals surface area contributed by atoms with Gasteiger partial charge in [0.25, 0.3) is 0 Å². The lowest BCUT2D eigenvalue weighted by Gasteiger charge is -2.29. The van der Waals surface area contributed by atoms with Crippen LogP contribution in [-0.4, -0.2) is 44.6 Å². The molecule has 0 aromatic carbocycles. The largest absolute Gasteiger partial charge is 0.450 e. The van der Waals surface area contributed by atoms with E-state index in [9.17, 15) is 8.42 Å². The van der Waals surface area contributed by atoms with Gasteiger partial charge in [0.2, 0.25) is 10.0 Å². The predicted octanol–water partition coefficient (Wildman–Crippen LogP) is 0.907. The van der Waals surface area contributed by atoms with Gasteiger partial charge in [0.15, 0.2) is 4.67 Å². The standard InChI is InChI=1S/C11H17BrN2O4S/c1-14-4-2-3-8(6-14)13-19(16,17)10-5-9(7-15)18-11(10)12/h5,8,13,15H,2-4,6-7H2,1H3. The number of rotatable bonds is 4. The van der Waals surface area contributed by atoms with E-state index in [1.165, 1.54) is 6.07 Å². The van der Waals surface area contributed by atoms with E-state index in [0.29, 0.717) is 6.54 Å². The van der Waals surface area contributed by atoms with Crippen LogP contribution in [-0.2, 0) is 16.6 Å². The number of halogens is 1. The summed E-state index contributed by atoms with van der Waals surface area (Å²) < 4.78 is 32.4. The fraction of sp³-hybridized carbons (Fsp3) is 0.636. The van der Waals surface area contributed by atoms with Gasteiger partial charge >= 0.3 is 0 Å². The van der Waals surface area contributed by atoms with Crippen LogP contribution in [0.3, 0.4) is 0 Å². The SMILES string of the molecule is CN1CCCC(NS(=O)(=O)c2cc(CO)oc2Br)C1. The van der Waals surface area contributed by atoms with Gasteiger partial charge in [-0.2, -0.15) is 0 Å². The Bertz CT molecular complexity index is 543. The van der Waals surface area contributed by atoms with Gasteiger partial charge in [-0.1, -0.05) is 0 Å². The summed E-state index contributed by atoms with van der Waals surface area (Å²) >= 11 is 3.06. The molecule has 0 radical (unpaired) electrons. The topological polar surface area (TPSA) is 82.8 Å². The quantitative estimate of drug-likeness (QED) is 0.841. The van der Waals surface area contributed by atoms with Crippen molar-refractivity contribution in [2.24, 2.45) is 0 Å². The zero-order chi connectivity index (χ0) is 14.0. The van der Waals surface area contributed by atoms with Gasteiger partial charge in [-0.15, -0.1) is 0 Å². The molecule has 1 saturated heterocycles. The first-order valence-electron chi connectivity index (χ1n) is 6.02. The number of nitrogens with zero attached hydrogens (tertiary/aromatic N) is 1. The van der Waals surface area contributed by atoms with Crippen molar-refractivity contribution in [2.75, 3.05) is 20.1 Å². The molecule has 1 atom stereocenters. The molecular formula is C11H17BrN2O4S. The predicted molar refractivity (Wildman–Crippen MR) is 73.2 cm³/mol. The Kier molecular flexibility index (Phi) is 4.67. The Morgan fingerprint density at radius 3 is 2.95 bits per heavy atom. The molecule has 1 unspecified atom stereocenters. The molecule has 1 fully saturated rings. The van der Waals surface area contributed by atoms with Crippen molar-refractivity contribution in [3.05, 3.63) is 16.5 Å². The first-order valence-corrected chi connectivity index (χ1v) is 8.30. The van der Waals surface area contributed by atoms with Gasteiger partial charge < -0.3 is 14.4 Å². The Balaban J connectivity index is 2.15. The number of furan rings is 1. The van der Waals surface area contributed by atoms with Crippen molar-refractivity contribution < 1.29 is 17.9 Å². The molecule has 1 aromatic rings. The smallest absolute Gasteiger partial charge is 0.245 e. The van der Waals surface area contributed by atoms with E-state index >= 15 is 0 Å². The van der Waals surface area contributed by atoms with Gasteiger partial charge in [-0.25, -0.2) is 13.1 Å². The van der Waals surface area contributed by atoms with Gasteiger partial charge in [-0.05, 0) is 42.4 Å². The van der Waals surface area contributed by atoms with Crippen molar-refractivity contribution in [3.8, 4) is 0 Å². The molecule has 0 aliphatic carbocycles. The maximum Gasteiger partial charge on any atom is 0.245 e. The molecule has 8 heteroatoms. The molecule has 1 aliphatic rings. The minimum Gasteiger partial charge on any atom is -0.450 e. The summed E-state index contributed by atoms with van der Waals surface area (Å²) in [6.07, 6.45) is 1.80. The molecule has 1 aliphatic heterocycles. The number of piperidine rings is 1. The lowest BCUT2D eigenvalue weighted by molar-refractivity contribution is 0.242. The summed E-state index contributed by atoms with van der Waals surface area (Å²) in [6.45, 7) is 1.35. The molecule has 19 heavy (non-hydrogen) atoms. The summed E-state index contributed by atoms with van der Waals surface area (Å²) in [5.41, 5.74) is 0. The fourth-order valence-electron chi connectivity index (χ4n) is 2.20. The molecule has 2 N–H and O–H groups in total. The molecule has 2 rings (SSSR count). The van der Waals surface area contributed by atoms with Crippen LogP contribution in [0.4, 0.5) is 0 Å². The first kappa shape index (κ1) is 15.0. The van der Waals surface area contributed by atoms with Crippen LogP contribution in [0.25, 0.3) is 0 Å². The summed E-state index contributed by atoms with van der Waals surface area (Å²) in [5.74, 6) is 0.216. The number of aliphatic hydroxyl groups is 1. The normalized spacial score (nSPS) is 21.7. The summed E-state index contributed by atoms with van der Waals surface area (Å²) in [6, 6.07) is 1.24.